The minimum absolute atomic E-state index is 0.316. The summed E-state index contributed by atoms with van der Waals surface area (Å²) in [6, 6.07) is 19.8. The molecule has 134 valence electrons. The topological polar surface area (TPSA) is 44.1 Å². The van der Waals surface area contributed by atoms with Crippen LogP contribution in [0, 0.1) is 5.92 Å². The number of hydrogen-bond donors (Lipinski definition) is 0. The molecule has 0 aliphatic rings. The molecule has 0 saturated heterocycles. The fraction of sp³-hybridized carbons (Fsp3) is 0.273. The highest BCUT2D eigenvalue weighted by molar-refractivity contribution is 5.98. The van der Waals surface area contributed by atoms with Gasteiger partial charge in [0.25, 0.3) is 0 Å². The maximum atomic E-state index is 12.8. The number of aromatic nitrogens is 2. The Balaban J connectivity index is 2.28. The van der Waals surface area contributed by atoms with Gasteiger partial charge in [-0.25, -0.2) is 9.48 Å². The lowest BCUT2D eigenvalue weighted by molar-refractivity contribution is 0.0526. The van der Waals surface area contributed by atoms with Gasteiger partial charge in [0.15, 0.2) is 0 Å². The Kier molecular flexibility index (Phi) is 5.52. The first-order valence-corrected chi connectivity index (χ1v) is 9.01. The van der Waals surface area contributed by atoms with Crippen LogP contribution in [-0.2, 0) is 11.2 Å². The van der Waals surface area contributed by atoms with E-state index in [0.29, 0.717) is 24.5 Å². The minimum atomic E-state index is -0.316. The first-order chi connectivity index (χ1) is 12.6. The van der Waals surface area contributed by atoms with E-state index in [-0.39, 0.29) is 5.97 Å². The molecule has 0 radical (unpaired) electrons. The lowest BCUT2D eigenvalue weighted by Gasteiger charge is -2.10. The van der Waals surface area contributed by atoms with Gasteiger partial charge in [0.2, 0.25) is 0 Å². The van der Waals surface area contributed by atoms with Crippen molar-refractivity contribution < 1.29 is 9.53 Å². The van der Waals surface area contributed by atoms with Gasteiger partial charge in [-0.1, -0.05) is 62.4 Å². The van der Waals surface area contributed by atoms with Crippen molar-refractivity contribution in [3.8, 4) is 16.9 Å². The van der Waals surface area contributed by atoms with Crippen LogP contribution >= 0.6 is 0 Å². The van der Waals surface area contributed by atoms with Gasteiger partial charge < -0.3 is 4.74 Å². The van der Waals surface area contributed by atoms with Crippen molar-refractivity contribution in [3.63, 3.8) is 0 Å². The van der Waals surface area contributed by atoms with Crippen molar-refractivity contribution in [2.75, 3.05) is 6.61 Å². The lowest BCUT2D eigenvalue weighted by atomic mass is 10.0. The SMILES string of the molecule is CCOC(=O)c1c(CC(C)C)nn(-c2ccccc2)c1-c1ccccc1. The van der Waals surface area contributed by atoms with E-state index in [4.69, 9.17) is 9.84 Å². The van der Waals surface area contributed by atoms with Crippen LogP contribution in [0.25, 0.3) is 16.9 Å². The molecule has 1 heterocycles. The quantitative estimate of drug-likeness (QED) is 0.594. The van der Waals surface area contributed by atoms with E-state index in [1.165, 1.54) is 0 Å². The molecule has 26 heavy (non-hydrogen) atoms. The third kappa shape index (κ3) is 3.69. The highest BCUT2D eigenvalue weighted by Crippen LogP contribution is 2.31. The molecule has 0 amide bonds. The Labute approximate surface area is 154 Å². The normalized spacial score (nSPS) is 10.9. The second-order valence-electron chi connectivity index (χ2n) is 6.60. The van der Waals surface area contributed by atoms with Crippen LogP contribution in [0.5, 0.6) is 0 Å². The van der Waals surface area contributed by atoms with Gasteiger partial charge in [0.1, 0.15) is 5.56 Å². The fourth-order valence-corrected chi connectivity index (χ4v) is 3.03. The molecule has 1 aromatic heterocycles. The standard InChI is InChI=1S/C22H24N2O2/c1-4-26-22(25)20-19(15-16(2)3)23-24(18-13-9-6-10-14-18)21(20)17-11-7-5-8-12-17/h5-14,16H,4,15H2,1-3H3. The van der Waals surface area contributed by atoms with Gasteiger partial charge >= 0.3 is 5.97 Å². The summed E-state index contributed by atoms with van der Waals surface area (Å²) in [6.07, 6.45) is 0.716. The van der Waals surface area contributed by atoms with Crippen LogP contribution < -0.4 is 0 Å². The van der Waals surface area contributed by atoms with Crippen molar-refractivity contribution in [1.29, 1.82) is 0 Å². The molecule has 4 nitrogen and oxygen atoms in total. The van der Waals surface area contributed by atoms with Crippen molar-refractivity contribution in [2.24, 2.45) is 5.92 Å². The molecule has 0 aliphatic heterocycles. The summed E-state index contributed by atoms with van der Waals surface area (Å²) in [5.74, 6) is 0.0649. The summed E-state index contributed by atoms with van der Waals surface area (Å²) < 4.78 is 7.23. The number of carbonyl (C=O) groups is 1. The third-order valence-electron chi connectivity index (χ3n) is 4.09. The lowest BCUT2D eigenvalue weighted by Crippen LogP contribution is -2.10. The second kappa shape index (κ2) is 8.00. The molecule has 0 unspecified atom stereocenters. The maximum absolute atomic E-state index is 12.8. The summed E-state index contributed by atoms with van der Waals surface area (Å²) in [6.45, 7) is 6.41. The van der Waals surface area contributed by atoms with E-state index < -0.39 is 0 Å². The number of benzene rings is 2. The average molecular weight is 348 g/mol. The third-order valence-corrected chi connectivity index (χ3v) is 4.09. The Hall–Kier alpha value is -2.88. The van der Waals surface area contributed by atoms with Crippen molar-refractivity contribution >= 4 is 5.97 Å². The van der Waals surface area contributed by atoms with Gasteiger partial charge in [-0.05, 0) is 31.4 Å². The molecule has 0 atom stereocenters. The van der Waals surface area contributed by atoms with Gasteiger partial charge in [0.05, 0.1) is 23.7 Å². The first kappa shape index (κ1) is 17.9. The first-order valence-electron chi connectivity index (χ1n) is 9.01. The van der Waals surface area contributed by atoms with Crippen molar-refractivity contribution in [3.05, 3.63) is 71.9 Å². The van der Waals surface area contributed by atoms with E-state index in [1.54, 1.807) is 0 Å². The van der Waals surface area contributed by atoms with Crippen LogP contribution in [-0.4, -0.2) is 22.4 Å². The number of carbonyl (C=O) groups excluding carboxylic acids is 1. The molecule has 3 aromatic rings. The maximum Gasteiger partial charge on any atom is 0.342 e. The molecule has 0 fully saturated rings. The summed E-state index contributed by atoms with van der Waals surface area (Å²) >= 11 is 0. The van der Waals surface area contributed by atoms with E-state index in [0.717, 1.165) is 22.6 Å². The monoisotopic (exact) mass is 348 g/mol. The van der Waals surface area contributed by atoms with Gasteiger partial charge in [-0.2, -0.15) is 5.10 Å². The smallest absolute Gasteiger partial charge is 0.342 e. The van der Waals surface area contributed by atoms with Crippen LogP contribution in [0.1, 0.15) is 36.8 Å². The van der Waals surface area contributed by atoms with Crippen molar-refractivity contribution in [2.45, 2.75) is 27.2 Å². The molecular formula is C22H24N2O2. The molecule has 0 saturated carbocycles. The number of rotatable bonds is 6. The molecule has 4 heteroatoms. The highest BCUT2D eigenvalue weighted by atomic mass is 16.5. The summed E-state index contributed by atoms with van der Waals surface area (Å²) in [4.78, 5) is 12.8. The number of nitrogens with zero attached hydrogens (tertiary/aromatic N) is 2. The zero-order valence-corrected chi connectivity index (χ0v) is 15.5. The number of hydrogen-bond acceptors (Lipinski definition) is 3. The Bertz CT molecular complexity index is 868. The highest BCUT2D eigenvalue weighted by Gasteiger charge is 2.26. The largest absolute Gasteiger partial charge is 0.462 e. The Morgan fingerprint density at radius 3 is 2.23 bits per heavy atom. The van der Waals surface area contributed by atoms with Crippen LogP contribution in [0.4, 0.5) is 0 Å². The van der Waals surface area contributed by atoms with E-state index in [9.17, 15) is 4.79 Å². The van der Waals surface area contributed by atoms with E-state index >= 15 is 0 Å². The predicted molar refractivity (Wildman–Crippen MR) is 103 cm³/mol. The number of esters is 1. The number of ether oxygens (including phenoxy) is 1. The second-order valence-corrected chi connectivity index (χ2v) is 6.60. The zero-order valence-electron chi connectivity index (χ0n) is 15.5. The molecular weight excluding hydrogens is 324 g/mol. The zero-order chi connectivity index (χ0) is 18.5. The minimum Gasteiger partial charge on any atom is -0.462 e. The molecule has 0 bridgehead atoms. The Morgan fingerprint density at radius 2 is 1.65 bits per heavy atom. The molecule has 0 N–H and O–H groups in total. The summed E-state index contributed by atoms with van der Waals surface area (Å²) in [7, 11) is 0. The summed E-state index contributed by atoms with van der Waals surface area (Å²) in [5.41, 5.74) is 4.00. The summed E-state index contributed by atoms with van der Waals surface area (Å²) in [5, 5.41) is 4.82. The van der Waals surface area contributed by atoms with E-state index in [1.807, 2.05) is 72.3 Å². The van der Waals surface area contributed by atoms with Crippen LogP contribution in [0.2, 0.25) is 0 Å². The van der Waals surface area contributed by atoms with Crippen LogP contribution in [0.15, 0.2) is 60.7 Å². The van der Waals surface area contributed by atoms with Crippen molar-refractivity contribution in [1.82, 2.24) is 9.78 Å². The van der Waals surface area contributed by atoms with Gasteiger partial charge in [-0.3, -0.25) is 0 Å². The molecule has 0 spiro atoms. The number of para-hydroxylation sites is 1. The predicted octanol–water partition coefficient (Wildman–Crippen LogP) is 4.91. The van der Waals surface area contributed by atoms with Crippen LogP contribution in [0.3, 0.4) is 0 Å². The Morgan fingerprint density at radius 1 is 1.04 bits per heavy atom. The molecule has 2 aromatic carbocycles. The van der Waals surface area contributed by atoms with Gasteiger partial charge in [0, 0.05) is 5.56 Å². The average Bonchev–Trinajstić information content (AvgIpc) is 3.02. The van der Waals surface area contributed by atoms with Gasteiger partial charge in [-0.15, -0.1) is 0 Å². The molecule has 3 rings (SSSR count). The van der Waals surface area contributed by atoms with E-state index in [2.05, 4.69) is 13.8 Å². The fourth-order valence-electron chi connectivity index (χ4n) is 3.03. The molecule has 0 aliphatic carbocycles.